The van der Waals surface area contributed by atoms with E-state index >= 15 is 0 Å². The first kappa shape index (κ1) is 15.5. The number of likely N-dealkylation sites (tertiary alicyclic amines) is 1. The molecule has 0 radical (unpaired) electrons. The maximum absolute atomic E-state index is 11.8. The molecule has 1 aliphatic rings. The van der Waals surface area contributed by atoms with Gasteiger partial charge in [0, 0.05) is 5.54 Å². The summed E-state index contributed by atoms with van der Waals surface area (Å²) in [6, 6.07) is 0. The summed E-state index contributed by atoms with van der Waals surface area (Å²) in [6.07, 6.45) is 8.79. The molecule has 0 atom stereocenters. The molecule has 0 bridgehead atoms. The molecule has 0 aromatic carbocycles. The van der Waals surface area contributed by atoms with Gasteiger partial charge < -0.3 is 5.32 Å². The van der Waals surface area contributed by atoms with Crippen LogP contribution in [0.15, 0.2) is 0 Å². The van der Waals surface area contributed by atoms with E-state index in [-0.39, 0.29) is 11.4 Å². The van der Waals surface area contributed by atoms with E-state index in [0.29, 0.717) is 6.54 Å². The van der Waals surface area contributed by atoms with E-state index in [1.165, 1.54) is 38.5 Å². The Kier molecular flexibility index (Phi) is 6.69. The van der Waals surface area contributed by atoms with Crippen molar-refractivity contribution in [1.82, 2.24) is 10.2 Å². The van der Waals surface area contributed by atoms with Crippen LogP contribution in [-0.2, 0) is 4.79 Å². The van der Waals surface area contributed by atoms with Crippen molar-refractivity contribution in [2.75, 3.05) is 19.6 Å². The number of hydrogen-bond donors (Lipinski definition) is 1. The van der Waals surface area contributed by atoms with Gasteiger partial charge in [0.2, 0.25) is 5.91 Å². The Morgan fingerprint density at radius 3 is 2.39 bits per heavy atom. The van der Waals surface area contributed by atoms with Gasteiger partial charge in [0.1, 0.15) is 0 Å². The second kappa shape index (κ2) is 7.78. The van der Waals surface area contributed by atoms with Crippen molar-refractivity contribution >= 4 is 5.91 Å². The van der Waals surface area contributed by atoms with Crippen LogP contribution in [0, 0.1) is 0 Å². The lowest BCUT2D eigenvalue weighted by atomic mass is 9.96. The number of rotatable bonds is 9. The van der Waals surface area contributed by atoms with Crippen LogP contribution in [0.2, 0.25) is 0 Å². The van der Waals surface area contributed by atoms with Crippen LogP contribution >= 0.6 is 0 Å². The third kappa shape index (κ3) is 6.39. The molecule has 1 heterocycles. The highest BCUT2D eigenvalue weighted by Crippen LogP contribution is 2.15. The number of amides is 1. The van der Waals surface area contributed by atoms with Gasteiger partial charge in [-0.3, -0.25) is 9.69 Å². The molecular formula is C15H30N2O. The summed E-state index contributed by atoms with van der Waals surface area (Å²) in [7, 11) is 0. The van der Waals surface area contributed by atoms with E-state index in [2.05, 4.69) is 31.0 Å². The minimum absolute atomic E-state index is 0.0475. The molecule has 0 spiro atoms. The van der Waals surface area contributed by atoms with E-state index in [4.69, 9.17) is 0 Å². The smallest absolute Gasteiger partial charge is 0.234 e. The molecule has 106 valence electrons. The van der Waals surface area contributed by atoms with Crippen LogP contribution in [0.5, 0.6) is 0 Å². The Hall–Kier alpha value is -0.570. The number of hydrogen-bond acceptors (Lipinski definition) is 2. The van der Waals surface area contributed by atoms with E-state index in [1.807, 2.05) is 0 Å². The van der Waals surface area contributed by atoms with Gasteiger partial charge in [-0.15, -0.1) is 0 Å². The summed E-state index contributed by atoms with van der Waals surface area (Å²) in [6.45, 7) is 9.27. The number of unbranched alkanes of at least 4 members (excludes halogenated alkanes) is 4. The molecule has 0 unspecified atom stereocenters. The lowest BCUT2D eigenvalue weighted by molar-refractivity contribution is -0.124. The summed E-state index contributed by atoms with van der Waals surface area (Å²) in [4.78, 5) is 14.0. The van der Waals surface area contributed by atoms with Crippen molar-refractivity contribution in [2.24, 2.45) is 0 Å². The Morgan fingerprint density at radius 1 is 1.17 bits per heavy atom. The fourth-order valence-corrected chi connectivity index (χ4v) is 2.39. The summed E-state index contributed by atoms with van der Waals surface area (Å²) in [5.41, 5.74) is -0.0475. The zero-order valence-electron chi connectivity index (χ0n) is 12.4. The molecule has 18 heavy (non-hydrogen) atoms. The normalized spacial score (nSPS) is 16.4. The number of carbonyl (C=O) groups is 1. The molecule has 1 aliphatic heterocycles. The lowest BCUT2D eigenvalue weighted by Crippen LogP contribution is -2.50. The van der Waals surface area contributed by atoms with Crippen LogP contribution in [0.4, 0.5) is 0 Å². The van der Waals surface area contributed by atoms with E-state index in [9.17, 15) is 4.79 Å². The van der Waals surface area contributed by atoms with Crippen LogP contribution in [0.3, 0.4) is 0 Å². The molecule has 1 N–H and O–H groups in total. The van der Waals surface area contributed by atoms with Gasteiger partial charge in [0.05, 0.1) is 6.54 Å². The Balaban J connectivity index is 2.10. The summed E-state index contributed by atoms with van der Waals surface area (Å²) < 4.78 is 0. The second-order valence-electron chi connectivity index (χ2n) is 6.23. The average Bonchev–Trinajstić information content (AvgIpc) is 2.22. The highest BCUT2D eigenvalue weighted by molar-refractivity contribution is 5.78. The minimum Gasteiger partial charge on any atom is -0.350 e. The molecule has 3 heteroatoms. The van der Waals surface area contributed by atoms with Crippen molar-refractivity contribution in [3.63, 3.8) is 0 Å². The largest absolute Gasteiger partial charge is 0.350 e. The monoisotopic (exact) mass is 254 g/mol. The SMILES string of the molecule is CCCCCCCC(C)(C)NC(=O)CN1CCC1. The third-order valence-electron chi connectivity index (χ3n) is 3.70. The minimum atomic E-state index is -0.0475. The lowest BCUT2D eigenvalue weighted by Gasteiger charge is -2.32. The molecule has 0 aromatic heterocycles. The number of nitrogens with one attached hydrogen (secondary N) is 1. The molecule has 3 nitrogen and oxygen atoms in total. The standard InChI is InChI=1S/C15H30N2O/c1-4-5-6-7-8-10-15(2,3)16-14(18)13-17-11-9-12-17/h4-13H2,1-3H3,(H,16,18). The zero-order valence-corrected chi connectivity index (χ0v) is 12.4. The van der Waals surface area contributed by atoms with Gasteiger partial charge in [0.25, 0.3) is 0 Å². The third-order valence-corrected chi connectivity index (χ3v) is 3.70. The fourth-order valence-electron chi connectivity index (χ4n) is 2.39. The molecule has 1 saturated heterocycles. The highest BCUT2D eigenvalue weighted by atomic mass is 16.2. The molecule has 0 aliphatic carbocycles. The van der Waals surface area contributed by atoms with Gasteiger partial charge in [-0.2, -0.15) is 0 Å². The van der Waals surface area contributed by atoms with E-state index in [1.54, 1.807) is 0 Å². The van der Waals surface area contributed by atoms with Crippen molar-refractivity contribution < 1.29 is 4.79 Å². The first-order valence-electron chi connectivity index (χ1n) is 7.57. The van der Waals surface area contributed by atoms with Crippen LogP contribution < -0.4 is 5.32 Å². The molecule has 0 saturated carbocycles. The zero-order chi connectivity index (χ0) is 13.4. The maximum atomic E-state index is 11.8. The first-order chi connectivity index (χ1) is 8.53. The number of nitrogens with zero attached hydrogens (tertiary/aromatic N) is 1. The van der Waals surface area contributed by atoms with Crippen molar-refractivity contribution in [3.05, 3.63) is 0 Å². The van der Waals surface area contributed by atoms with Gasteiger partial charge >= 0.3 is 0 Å². The molecule has 1 rings (SSSR count). The Morgan fingerprint density at radius 2 is 1.83 bits per heavy atom. The predicted octanol–water partition coefficient (Wildman–Crippen LogP) is 2.95. The molecule has 1 fully saturated rings. The molecular weight excluding hydrogens is 224 g/mol. The van der Waals surface area contributed by atoms with Gasteiger partial charge in [0.15, 0.2) is 0 Å². The van der Waals surface area contributed by atoms with Gasteiger partial charge in [-0.25, -0.2) is 0 Å². The molecule has 0 aromatic rings. The molecule has 1 amide bonds. The average molecular weight is 254 g/mol. The van der Waals surface area contributed by atoms with Gasteiger partial charge in [-0.05, 0) is 39.8 Å². The van der Waals surface area contributed by atoms with Crippen molar-refractivity contribution in [3.8, 4) is 0 Å². The van der Waals surface area contributed by atoms with E-state index in [0.717, 1.165) is 19.5 Å². The van der Waals surface area contributed by atoms with Crippen LogP contribution in [0.1, 0.15) is 65.7 Å². The topological polar surface area (TPSA) is 32.3 Å². The van der Waals surface area contributed by atoms with Crippen molar-refractivity contribution in [1.29, 1.82) is 0 Å². The highest BCUT2D eigenvalue weighted by Gasteiger charge is 2.23. The Bertz CT molecular complexity index is 247. The summed E-state index contributed by atoms with van der Waals surface area (Å²) >= 11 is 0. The second-order valence-corrected chi connectivity index (χ2v) is 6.23. The number of carbonyl (C=O) groups excluding carboxylic acids is 1. The Labute approximate surface area is 112 Å². The van der Waals surface area contributed by atoms with Crippen LogP contribution in [0.25, 0.3) is 0 Å². The maximum Gasteiger partial charge on any atom is 0.234 e. The van der Waals surface area contributed by atoms with Gasteiger partial charge in [-0.1, -0.05) is 39.0 Å². The first-order valence-corrected chi connectivity index (χ1v) is 7.57. The van der Waals surface area contributed by atoms with Crippen LogP contribution in [-0.4, -0.2) is 36.0 Å². The quantitative estimate of drug-likeness (QED) is 0.642. The fraction of sp³-hybridized carbons (Fsp3) is 0.933. The summed E-state index contributed by atoms with van der Waals surface area (Å²) in [5, 5.41) is 3.17. The predicted molar refractivity (Wildman–Crippen MR) is 76.7 cm³/mol. The van der Waals surface area contributed by atoms with E-state index < -0.39 is 0 Å². The van der Waals surface area contributed by atoms with Crippen molar-refractivity contribution in [2.45, 2.75) is 71.3 Å². The summed E-state index contributed by atoms with van der Waals surface area (Å²) in [5.74, 6) is 0.188.